The van der Waals surface area contributed by atoms with E-state index in [0.29, 0.717) is 11.7 Å². The topological polar surface area (TPSA) is 85.1 Å². The minimum absolute atomic E-state index is 0.259. The van der Waals surface area contributed by atoms with E-state index < -0.39 is 10.0 Å². The summed E-state index contributed by atoms with van der Waals surface area (Å²) in [6, 6.07) is 4.84. The molecule has 1 heterocycles. The summed E-state index contributed by atoms with van der Waals surface area (Å²) < 4.78 is 27.4. The van der Waals surface area contributed by atoms with Crippen LogP contribution in [0.3, 0.4) is 0 Å². The van der Waals surface area contributed by atoms with Crippen LogP contribution in [0.25, 0.3) is 10.2 Å². The third kappa shape index (κ3) is 2.80. The highest BCUT2D eigenvalue weighted by molar-refractivity contribution is 7.89. The van der Waals surface area contributed by atoms with Crippen molar-refractivity contribution in [2.45, 2.75) is 24.7 Å². The number of anilines is 1. The largest absolute Gasteiger partial charge is 0.375 e. The normalized spacial score (nSPS) is 12.1. The summed E-state index contributed by atoms with van der Waals surface area (Å²) in [5, 5.41) is 0.443. The first-order valence-corrected chi connectivity index (χ1v) is 7.98. The Morgan fingerprint density at radius 1 is 1.44 bits per heavy atom. The van der Waals surface area contributed by atoms with Crippen molar-refractivity contribution in [3.63, 3.8) is 0 Å². The molecule has 0 aliphatic carbocycles. The molecule has 1 aromatic heterocycles. The Labute approximate surface area is 110 Å². The molecular weight excluding hydrogens is 270 g/mol. The SMILES string of the molecule is CCCCNS(=O)(=O)c1ccc2nc(N)sc2c1. The van der Waals surface area contributed by atoms with Gasteiger partial charge in [-0.3, -0.25) is 0 Å². The maximum Gasteiger partial charge on any atom is 0.240 e. The maximum atomic E-state index is 12.0. The van der Waals surface area contributed by atoms with Crippen LogP contribution < -0.4 is 10.5 Å². The summed E-state index contributed by atoms with van der Waals surface area (Å²) in [4.78, 5) is 4.35. The second-order valence-electron chi connectivity index (χ2n) is 3.93. The number of unbranched alkanes of at least 4 members (excludes halogenated alkanes) is 1. The van der Waals surface area contributed by atoms with Gasteiger partial charge in [0.15, 0.2) is 5.13 Å². The van der Waals surface area contributed by atoms with Crippen molar-refractivity contribution in [3.05, 3.63) is 18.2 Å². The van der Waals surface area contributed by atoms with Crippen LogP contribution in [0.4, 0.5) is 5.13 Å². The first-order chi connectivity index (χ1) is 8.53. The van der Waals surface area contributed by atoms with E-state index in [1.54, 1.807) is 18.2 Å². The number of hydrogen-bond acceptors (Lipinski definition) is 5. The molecule has 2 aromatic rings. The van der Waals surface area contributed by atoms with Crippen LogP contribution in [0.2, 0.25) is 0 Å². The van der Waals surface area contributed by atoms with Crippen molar-refractivity contribution in [3.8, 4) is 0 Å². The van der Waals surface area contributed by atoms with Gasteiger partial charge in [-0.15, -0.1) is 0 Å². The quantitative estimate of drug-likeness (QED) is 0.822. The van der Waals surface area contributed by atoms with Crippen molar-refractivity contribution < 1.29 is 8.42 Å². The molecule has 2 rings (SSSR count). The smallest absolute Gasteiger partial charge is 0.240 e. The molecular formula is C11H15N3O2S2. The number of fused-ring (bicyclic) bond motifs is 1. The van der Waals surface area contributed by atoms with E-state index in [1.165, 1.54) is 11.3 Å². The summed E-state index contributed by atoms with van der Waals surface area (Å²) >= 11 is 1.29. The van der Waals surface area contributed by atoms with Crippen molar-refractivity contribution in [2.75, 3.05) is 12.3 Å². The maximum absolute atomic E-state index is 12.0. The summed E-state index contributed by atoms with van der Waals surface area (Å²) in [7, 11) is -3.43. The van der Waals surface area contributed by atoms with Crippen molar-refractivity contribution >= 4 is 36.7 Å². The molecule has 0 aliphatic rings. The number of hydrogen-bond donors (Lipinski definition) is 2. The van der Waals surface area contributed by atoms with Crippen LogP contribution in [0.5, 0.6) is 0 Å². The summed E-state index contributed by atoms with van der Waals surface area (Å²) in [6.45, 7) is 2.47. The van der Waals surface area contributed by atoms with Gasteiger partial charge in [0.2, 0.25) is 10.0 Å². The van der Waals surface area contributed by atoms with Crippen molar-refractivity contribution in [1.29, 1.82) is 0 Å². The molecule has 0 saturated heterocycles. The van der Waals surface area contributed by atoms with Crippen LogP contribution in [0.1, 0.15) is 19.8 Å². The van der Waals surface area contributed by atoms with Gasteiger partial charge in [-0.1, -0.05) is 24.7 Å². The number of aromatic nitrogens is 1. The monoisotopic (exact) mass is 285 g/mol. The van der Waals surface area contributed by atoms with Gasteiger partial charge in [0.25, 0.3) is 0 Å². The minimum atomic E-state index is -3.43. The molecule has 0 unspecified atom stereocenters. The molecule has 0 bridgehead atoms. The molecule has 5 nitrogen and oxygen atoms in total. The predicted molar refractivity (Wildman–Crippen MR) is 74.1 cm³/mol. The van der Waals surface area contributed by atoms with Gasteiger partial charge in [-0.2, -0.15) is 0 Å². The molecule has 1 aromatic carbocycles. The lowest BCUT2D eigenvalue weighted by Crippen LogP contribution is -2.24. The first-order valence-electron chi connectivity index (χ1n) is 5.68. The van der Waals surface area contributed by atoms with E-state index in [0.717, 1.165) is 23.1 Å². The molecule has 0 atom stereocenters. The zero-order valence-corrected chi connectivity index (χ0v) is 11.6. The number of nitrogens with one attached hydrogen (secondary N) is 1. The Bertz CT molecular complexity index is 649. The Kier molecular flexibility index (Phi) is 3.84. The molecule has 0 saturated carbocycles. The van der Waals surface area contributed by atoms with E-state index in [2.05, 4.69) is 9.71 Å². The second kappa shape index (κ2) is 5.21. The van der Waals surface area contributed by atoms with E-state index in [4.69, 9.17) is 5.73 Å². The third-order valence-electron chi connectivity index (χ3n) is 2.51. The first kappa shape index (κ1) is 13.3. The Morgan fingerprint density at radius 3 is 2.94 bits per heavy atom. The fourth-order valence-electron chi connectivity index (χ4n) is 1.56. The van der Waals surface area contributed by atoms with Crippen molar-refractivity contribution in [1.82, 2.24) is 9.71 Å². The number of thiazole rings is 1. The Morgan fingerprint density at radius 2 is 2.22 bits per heavy atom. The van der Waals surface area contributed by atoms with Crippen LogP contribution in [-0.4, -0.2) is 19.9 Å². The van der Waals surface area contributed by atoms with Crippen LogP contribution in [0.15, 0.2) is 23.1 Å². The number of sulfonamides is 1. The highest BCUT2D eigenvalue weighted by Crippen LogP contribution is 2.26. The lowest BCUT2D eigenvalue weighted by Gasteiger charge is -2.05. The van der Waals surface area contributed by atoms with Crippen LogP contribution in [0, 0.1) is 0 Å². The lowest BCUT2D eigenvalue weighted by atomic mass is 10.3. The number of benzene rings is 1. The third-order valence-corrected chi connectivity index (χ3v) is 4.82. The standard InChI is InChI=1S/C11H15N3O2S2/c1-2-3-6-13-18(15,16)8-4-5-9-10(7-8)17-11(12)14-9/h4-5,7,13H,2-3,6H2,1H3,(H2,12,14). The number of nitrogen functional groups attached to an aromatic ring is 1. The highest BCUT2D eigenvalue weighted by Gasteiger charge is 2.14. The van der Waals surface area contributed by atoms with Gasteiger partial charge >= 0.3 is 0 Å². The lowest BCUT2D eigenvalue weighted by molar-refractivity contribution is 0.578. The molecule has 0 radical (unpaired) electrons. The molecule has 7 heteroatoms. The number of nitrogens with zero attached hydrogens (tertiary/aromatic N) is 1. The zero-order valence-electron chi connectivity index (χ0n) is 10.0. The Hall–Kier alpha value is -1.18. The van der Waals surface area contributed by atoms with E-state index in [9.17, 15) is 8.42 Å². The van der Waals surface area contributed by atoms with E-state index in [1.807, 2.05) is 6.92 Å². The molecule has 18 heavy (non-hydrogen) atoms. The minimum Gasteiger partial charge on any atom is -0.375 e. The molecule has 0 aliphatic heterocycles. The van der Waals surface area contributed by atoms with Gasteiger partial charge in [-0.25, -0.2) is 18.1 Å². The van der Waals surface area contributed by atoms with Crippen molar-refractivity contribution in [2.24, 2.45) is 0 Å². The zero-order chi connectivity index (χ0) is 13.2. The summed E-state index contributed by atoms with van der Waals surface area (Å²) in [5.41, 5.74) is 6.32. The average molecular weight is 285 g/mol. The highest BCUT2D eigenvalue weighted by atomic mass is 32.2. The molecule has 0 amide bonds. The van der Waals surface area contributed by atoms with Gasteiger partial charge in [-0.05, 0) is 24.6 Å². The molecule has 0 spiro atoms. The number of rotatable bonds is 5. The molecule has 0 fully saturated rings. The molecule has 98 valence electrons. The summed E-state index contributed by atoms with van der Waals surface area (Å²) in [5.74, 6) is 0. The molecule has 3 N–H and O–H groups in total. The van der Waals surface area contributed by atoms with E-state index >= 15 is 0 Å². The van der Waals surface area contributed by atoms with Gasteiger partial charge in [0.05, 0.1) is 15.1 Å². The second-order valence-corrected chi connectivity index (χ2v) is 6.76. The van der Waals surface area contributed by atoms with Crippen LogP contribution in [-0.2, 0) is 10.0 Å². The van der Waals surface area contributed by atoms with E-state index in [-0.39, 0.29) is 4.90 Å². The van der Waals surface area contributed by atoms with Gasteiger partial charge in [0.1, 0.15) is 0 Å². The predicted octanol–water partition coefficient (Wildman–Crippen LogP) is 1.96. The van der Waals surface area contributed by atoms with Crippen LogP contribution >= 0.6 is 11.3 Å². The average Bonchev–Trinajstić information content (AvgIpc) is 2.68. The fourth-order valence-corrected chi connectivity index (χ4v) is 3.50. The number of nitrogens with two attached hydrogens (primary N) is 1. The Balaban J connectivity index is 2.29. The van der Waals surface area contributed by atoms with Gasteiger partial charge < -0.3 is 5.73 Å². The summed E-state index contributed by atoms with van der Waals surface area (Å²) in [6.07, 6.45) is 1.78. The van der Waals surface area contributed by atoms with Gasteiger partial charge in [0, 0.05) is 6.54 Å². The fraction of sp³-hybridized carbons (Fsp3) is 0.364.